The highest BCUT2D eigenvalue weighted by Gasteiger charge is 2.16. The Labute approximate surface area is 149 Å². The zero-order chi connectivity index (χ0) is 18.5. The SMILES string of the molecule is Cc1ccn(-c2ccc(F)cc2)c(=O)c1C(=O)NCCc1cnccn1. The molecule has 2 heterocycles. The molecule has 0 unspecified atom stereocenters. The van der Waals surface area contributed by atoms with E-state index in [4.69, 9.17) is 0 Å². The van der Waals surface area contributed by atoms with Crippen molar-refractivity contribution in [3.63, 3.8) is 0 Å². The molecule has 26 heavy (non-hydrogen) atoms. The van der Waals surface area contributed by atoms with Gasteiger partial charge in [-0.15, -0.1) is 0 Å². The molecule has 0 bridgehead atoms. The molecule has 0 saturated carbocycles. The van der Waals surface area contributed by atoms with Crippen LogP contribution >= 0.6 is 0 Å². The van der Waals surface area contributed by atoms with Gasteiger partial charge in [0.05, 0.1) is 5.69 Å². The minimum Gasteiger partial charge on any atom is -0.351 e. The molecule has 0 aliphatic rings. The van der Waals surface area contributed by atoms with Crippen LogP contribution in [0.4, 0.5) is 4.39 Å². The molecule has 0 saturated heterocycles. The van der Waals surface area contributed by atoms with Crippen molar-refractivity contribution in [3.05, 3.63) is 88.1 Å². The standard InChI is InChI=1S/C19H17FN4O2/c1-13-7-11-24(16-4-2-14(20)3-5-16)19(26)17(13)18(25)23-8-6-15-12-21-9-10-22-15/h2-5,7,9-12H,6,8H2,1H3,(H,23,25). The first-order valence-electron chi connectivity index (χ1n) is 8.07. The third kappa shape index (κ3) is 3.83. The summed E-state index contributed by atoms with van der Waals surface area (Å²) in [5.41, 5.74) is 1.43. The number of carbonyl (C=O) groups excluding carboxylic acids is 1. The number of amides is 1. The molecule has 0 aliphatic heterocycles. The van der Waals surface area contributed by atoms with E-state index in [2.05, 4.69) is 15.3 Å². The number of carbonyl (C=O) groups is 1. The van der Waals surface area contributed by atoms with Gasteiger partial charge in [-0.25, -0.2) is 4.39 Å². The van der Waals surface area contributed by atoms with Crippen LogP contribution in [0.5, 0.6) is 0 Å². The van der Waals surface area contributed by atoms with Crippen molar-refractivity contribution in [3.8, 4) is 5.69 Å². The van der Waals surface area contributed by atoms with Crippen LogP contribution in [0, 0.1) is 12.7 Å². The summed E-state index contributed by atoms with van der Waals surface area (Å²) in [6, 6.07) is 7.19. The van der Waals surface area contributed by atoms with Crippen molar-refractivity contribution in [1.82, 2.24) is 19.9 Å². The lowest BCUT2D eigenvalue weighted by atomic mass is 10.1. The highest BCUT2D eigenvalue weighted by molar-refractivity contribution is 5.95. The molecule has 1 aromatic carbocycles. The Kier molecular flexibility index (Phi) is 5.17. The van der Waals surface area contributed by atoms with E-state index in [0.29, 0.717) is 24.2 Å². The number of halogens is 1. The summed E-state index contributed by atoms with van der Waals surface area (Å²) in [7, 11) is 0. The highest BCUT2D eigenvalue weighted by Crippen LogP contribution is 2.09. The van der Waals surface area contributed by atoms with Gasteiger partial charge in [0.15, 0.2) is 0 Å². The van der Waals surface area contributed by atoms with Crippen molar-refractivity contribution >= 4 is 5.91 Å². The normalized spacial score (nSPS) is 10.5. The second-order valence-electron chi connectivity index (χ2n) is 5.73. The predicted octanol–water partition coefficient (Wildman–Crippen LogP) is 2.05. The Morgan fingerprint density at radius 3 is 2.65 bits per heavy atom. The molecule has 1 amide bonds. The van der Waals surface area contributed by atoms with E-state index in [-0.39, 0.29) is 5.56 Å². The first-order chi connectivity index (χ1) is 12.6. The molecule has 1 N–H and O–H groups in total. The molecule has 2 aromatic heterocycles. The maximum absolute atomic E-state index is 13.1. The maximum atomic E-state index is 13.1. The minimum absolute atomic E-state index is 0.0657. The second-order valence-corrected chi connectivity index (χ2v) is 5.73. The maximum Gasteiger partial charge on any atom is 0.268 e. The summed E-state index contributed by atoms with van der Waals surface area (Å²) in [4.78, 5) is 33.3. The van der Waals surface area contributed by atoms with Crippen LogP contribution in [0.1, 0.15) is 21.6 Å². The van der Waals surface area contributed by atoms with E-state index in [9.17, 15) is 14.0 Å². The third-order valence-electron chi connectivity index (χ3n) is 3.92. The van der Waals surface area contributed by atoms with Crippen LogP contribution in [0.15, 0.2) is 59.9 Å². The van der Waals surface area contributed by atoms with Crippen LogP contribution in [0.2, 0.25) is 0 Å². The number of hydrogen-bond donors (Lipinski definition) is 1. The summed E-state index contributed by atoms with van der Waals surface area (Å²) in [5.74, 6) is -0.844. The number of nitrogens with one attached hydrogen (secondary N) is 1. The molecular formula is C19H17FN4O2. The average molecular weight is 352 g/mol. The fourth-order valence-electron chi connectivity index (χ4n) is 2.56. The van der Waals surface area contributed by atoms with Crippen LogP contribution in [-0.2, 0) is 6.42 Å². The van der Waals surface area contributed by atoms with Crippen molar-refractivity contribution in [1.29, 1.82) is 0 Å². The van der Waals surface area contributed by atoms with Crippen LogP contribution < -0.4 is 10.9 Å². The van der Waals surface area contributed by atoms with Gasteiger partial charge in [-0.3, -0.25) is 24.1 Å². The number of rotatable bonds is 5. The first kappa shape index (κ1) is 17.5. The largest absolute Gasteiger partial charge is 0.351 e. The molecule has 0 atom stereocenters. The lowest BCUT2D eigenvalue weighted by Crippen LogP contribution is -2.34. The van der Waals surface area contributed by atoms with Crippen molar-refractivity contribution < 1.29 is 9.18 Å². The lowest BCUT2D eigenvalue weighted by Gasteiger charge is -2.11. The zero-order valence-electron chi connectivity index (χ0n) is 14.1. The fraction of sp³-hybridized carbons (Fsp3) is 0.158. The Morgan fingerprint density at radius 1 is 1.19 bits per heavy atom. The van der Waals surface area contributed by atoms with Crippen LogP contribution in [0.25, 0.3) is 5.69 Å². The van der Waals surface area contributed by atoms with Crippen molar-refractivity contribution in [2.45, 2.75) is 13.3 Å². The quantitative estimate of drug-likeness (QED) is 0.762. The Morgan fingerprint density at radius 2 is 1.96 bits per heavy atom. The van der Waals surface area contributed by atoms with Crippen LogP contribution in [0.3, 0.4) is 0 Å². The number of benzene rings is 1. The number of aromatic nitrogens is 3. The number of nitrogens with zero attached hydrogens (tertiary/aromatic N) is 3. The molecule has 3 rings (SSSR count). The van der Waals surface area contributed by atoms with Crippen LogP contribution in [-0.4, -0.2) is 27.0 Å². The zero-order valence-corrected chi connectivity index (χ0v) is 14.1. The summed E-state index contributed by atoms with van der Waals surface area (Å²) in [5, 5.41) is 2.74. The lowest BCUT2D eigenvalue weighted by molar-refractivity contribution is 0.0951. The number of aryl methyl sites for hydroxylation is 1. The van der Waals surface area contributed by atoms with E-state index in [0.717, 1.165) is 5.69 Å². The fourth-order valence-corrected chi connectivity index (χ4v) is 2.56. The summed E-state index contributed by atoms with van der Waals surface area (Å²) < 4.78 is 14.4. The van der Waals surface area contributed by atoms with E-state index >= 15 is 0 Å². The highest BCUT2D eigenvalue weighted by atomic mass is 19.1. The molecule has 0 spiro atoms. The van der Waals surface area contributed by atoms with Gasteiger partial charge in [-0.2, -0.15) is 0 Å². The molecule has 6 nitrogen and oxygen atoms in total. The smallest absolute Gasteiger partial charge is 0.268 e. The average Bonchev–Trinajstić information content (AvgIpc) is 2.64. The number of pyridine rings is 1. The third-order valence-corrected chi connectivity index (χ3v) is 3.92. The molecule has 0 aliphatic carbocycles. The molecule has 0 radical (unpaired) electrons. The Hall–Kier alpha value is -3.35. The predicted molar refractivity (Wildman–Crippen MR) is 94.8 cm³/mol. The summed E-state index contributed by atoms with van der Waals surface area (Å²) >= 11 is 0. The molecule has 0 fully saturated rings. The monoisotopic (exact) mass is 352 g/mol. The topological polar surface area (TPSA) is 76.9 Å². The number of hydrogen-bond acceptors (Lipinski definition) is 4. The van der Waals surface area contributed by atoms with Gasteiger partial charge in [-0.05, 0) is 42.8 Å². The summed E-state index contributed by atoms with van der Waals surface area (Å²) in [6.07, 6.45) is 6.87. The summed E-state index contributed by atoms with van der Waals surface area (Å²) in [6.45, 7) is 2.04. The van der Waals surface area contributed by atoms with Crippen molar-refractivity contribution in [2.75, 3.05) is 6.54 Å². The van der Waals surface area contributed by atoms with E-state index in [1.54, 1.807) is 37.8 Å². The first-order valence-corrected chi connectivity index (χ1v) is 8.07. The Bertz CT molecular complexity index is 969. The van der Waals surface area contributed by atoms with Gasteiger partial charge in [0.1, 0.15) is 11.4 Å². The molecule has 7 heteroatoms. The molecule has 3 aromatic rings. The van der Waals surface area contributed by atoms with Crippen molar-refractivity contribution in [2.24, 2.45) is 0 Å². The molecular weight excluding hydrogens is 335 g/mol. The van der Waals surface area contributed by atoms with E-state index < -0.39 is 17.3 Å². The van der Waals surface area contributed by atoms with Gasteiger partial charge in [0.25, 0.3) is 11.5 Å². The Balaban J connectivity index is 1.80. The van der Waals surface area contributed by atoms with Gasteiger partial charge < -0.3 is 5.32 Å². The van der Waals surface area contributed by atoms with E-state index in [1.807, 2.05) is 0 Å². The van der Waals surface area contributed by atoms with E-state index in [1.165, 1.54) is 28.8 Å². The van der Waals surface area contributed by atoms with Gasteiger partial charge in [-0.1, -0.05) is 0 Å². The van der Waals surface area contributed by atoms with Gasteiger partial charge in [0.2, 0.25) is 0 Å². The minimum atomic E-state index is -0.451. The second kappa shape index (κ2) is 7.69. The van der Waals surface area contributed by atoms with Gasteiger partial charge in [0, 0.05) is 43.4 Å². The van der Waals surface area contributed by atoms with Gasteiger partial charge >= 0.3 is 0 Å². The molecule has 132 valence electrons.